The van der Waals surface area contributed by atoms with Gasteiger partial charge in [-0.2, -0.15) is 0 Å². The molecule has 0 saturated heterocycles. The van der Waals surface area contributed by atoms with Gasteiger partial charge in [0.1, 0.15) is 0 Å². The maximum atomic E-state index is 6.02. The predicted octanol–water partition coefficient (Wildman–Crippen LogP) is 2.82. The molecule has 0 aliphatic carbocycles. The van der Waals surface area contributed by atoms with Gasteiger partial charge in [0.15, 0.2) is 0 Å². The monoisotopic (exact) mass is 246 g/mol. The zero-order valence-electron chi connectivity index (χ0n) is 8.76. The smallest absolute Gasteiger partial charge is 0.0465 e. The van der Waals surface area contributed by atoms with Crippen LogP contribution in [0.2, 0.25) is 10.0 Å². The van der Waals surface area contributed by atoms with Gasteiger partial charge in [0.2, 0.25) is 0 Å². The minimum absolute atomic E-state index is 0.234. The van der Waals surface area contributed by atoms with E-state index < -0.39 is 0 Å². The Hall–Kier alpha value is -0.280. The lowest BCUT2D eigenvalue weighted by Crippen LogP contribution is -2.23. The molecule has 0 aliphatic heterocycles. The summed E-state index contributed by atoms with van der Waals surface area (Å²) in [6, 6.07) is 5.77. The van der Waals surface area contributed by atoms with Gasteiger partial charge in [-0.05, 0) is 37.6 Å². The van der Waals surface area contributed by atoms with E-state index in [4.69, 9.17) is 28.9 Å². The second-order valence-corrected chi connectivity index (χ2v) is 4.52. The highest BCUT2D eigenvalue weighted by atomic mass is 35.5. The number of benzene rings is 1. The molecule has 1 rings (SSSR count). The minimum Gasteiger partial charge on any atom is -0.328 e. The Balaban J connectivity index is 2.37. The normalized spacial score (nSPS) is 12.8. The fourth-order valence-corrected chi connectivity index (χ4v) is 1.69. The molecule has 0 amide bonds. The Bertz CT molecular complexity index is 313. The zero-order valence-corrected chi connectivity index (χ0v) is 10.3. The molecule has 0 spiro atoms. The molecule has 1 atom stereocenters. The summed E-state index contributed by atoms with van der Waals surface area (Å²) >= 11 is 11.8. The number of hydrogen-bond acceptors (Lipinski definition) is 2. The first-order valence-corrected chi connectivity index (χ1v) is 5.75. The maximum Gasteiger partial charge on any atom is 0.0465 e. The van der Waals surface area contributed by atoms with E-state index in [2.05, 4.69) is 5.32 Å². The number of nitrogens with two attached hydrogens (primary N) is 1. The van der Waals surface area contributed by atoms with E-state index in [1.807, 2.05) is 19.1 Å². The number of hydrogen-bond donors (Lipinski definition) is 2. The third-order valence-corrected chi connectivity index (χ3v) is 2.69. The van der Waals surface area contributed by atoms with Crippen LogP contribution in [-0.4, -0.2) is 12.6 Å². The Kier molecular flexibility index (Phi) is 5.40. The molecule has 0 aliphatic rings. The third-order valence-electron chi connectivity index (χ3n) is 2.11. The van der Waals surface area contributed by atoms with Crippen molar-refractivity contribution in [2.75, 3.05) is 6.54 Å². The second-order valence-electron chi connectivity index (χ2n) is 3.68. The molecule has 1 aromatic carbocycles. The van der Waals surface area contributed by atoms with Crippen molar-refractivity contribution in [3.05, 3.63) is 33.8 Å². The van der Waals surface area contributed by atoms with E-state index in [1.165, 1.54) is 0 Å². The highest BCUT2D eigenvalue weighted by Crippen LogP contribution is 2.20. The lowest BCUT2D eigenvalue weighted by molar-refractivity contribution is 0.589. The molecule has 1 unspecified atom stereocenters. The van der Waals surface area contributed by atoms with Crippen molar-refractivity contribution in [1.82, 2.24) is 5.32 Å². The zero-order chi connectivity index (χ0) is 11.3. The Morgan fingerprint density at radius 1 is 1.40 bits per heavy atom. The van der Waals surface area contributed by atoms with Crippen LogP contribution in [-0.2, 0) is 6.54 Å². The number of halogens is 2. The van der Waals surface area contributed by atoms with Gasteiger partial charge in [-0.3, -0.25) is 0 Å². The summed E-state index contributed by atoms with van der Waals surface area (Å²) in [6.07, 6.45) is 0.964. The first-order valence-electron chi connectivity index (χ1n) is 5.00. The van der Waals surface area contributed by atoms with Crippen molar-refractivity contribution in [1.29, 1.82) is 0 Å². The molecule has 1 aromatic rings. The standard InChI is InChI=1S/C11H16Cl2N2/c1-8(14)4-5-15-7-9-2-3-10(12)6-11(9)13/h2-3,6,8,15H,4-5,7,14H2,1H3. The van der Waals surface area contributed by atoms with Crippen LogP contribution in [0.4, 0.5) is 0 Å². The van der Waals surface area contributed by atoms with Crippen molar-refractivity contribution in [3.8, 4) is 0 Å². The molecule has 4 heteroatoms. The highest BCUT2D eigenvalue weighted by Gasteiger charge is 2.00. The average molecular weight is 247 g/mol. The largest absolute Gasteiger partial charge is 0.328 e. The summed E-state index contributed by atoms with van der Waals surface area (Å²) in [5, 5.41) is 4.66. The van der Waals surface area contributed by atoms with Gasteiger partial charge in [-0.1, -0.05) is 29.3 Å². The maximum absolute atomic E-state index is 6.02. The van der Waals surface area contributed by atoms with Crippen molar-refractivity contribution in [2.24, 2.45) is 5.73 Å². The van der Waals surface area contributed by atoms with Crippen LogP contribution in [0.5, 0.6) is 0 Å². The molecule has 0 bridgehead atoms. The molecular weight excluding hydrogens is 231 g/mol. The van der Waals surface area contributed by atoms with Crippen LogP contribution in [0.25, 0.3) is 0 Å². The van der Waals surface area contributed by atoms with Crippen molar-refractivity contribution in [2.45, 2.75) is 25.9 Å². The number of nitrogens with one attached hydrogen (secondary N) is 1. The van der Waals surface area contributed by atoms with Crippen LogP contribution in [0.1, 0.15) is 18.9 Å². The Morgan fingerprint density at radius 3 is 2.73 bits per heavy atom. The van der Waals surface area contributed by atoms with Gasteiger partial charge >= 0.3 is 0 Å². The first kappa shape index (κ1) is 12.8. The molecule has 0 saturated carbocycles. The van der Waals surface area contributed by atoms with Gasteiger partial charge in [0.25, 0.3) is 0 Å². The van der Waals surface area contributed by atoms with Crippen LogP contribution in [0.3, 0.4) is 0 Å². The molecule has 15 heavy (non-hydrogen) atoms. The average Bonchev–Trinajstić information content (AvgIpc) is 2.14. The quantitative estimate of drug-likeness (QED) is 0.785. The summed E-state index contributed by atoms with van der Waals surface area (Å²) < 4.78 is 0. The van der Waals surface area contributed by atoms with Gasteiger partial charge in [0.05, 0.1) is 0 Å². The van der Waals surface area contributed by atoms with E-state index in [0.29, 0.717) is 10.0 Å². The lowest BCUT2D eigenvalue weighted by atomic mass is 10.2. The van der Waals surface area contributed by atoms with Crippen LogP contribution >= 0.6 is 23.2 Å². The fraction of sp³-hybridized carbons (Fsp3) is 0.455. The van der Waals surface area contributed by atoms with Crippen molar-refractivity contribution < 1.29 is 0 Å². The highest BCUT2D eigenvalue weighted by molar-refractivity contribution is 6.35. The van der Waals surface area contributed by atoms with E-state index in [9.17, 15) is 0 Å². The fourth-order valence-electron chi connectivity index (χ4n) is 1.22. The summed E-state index contributed by atoms with van der Waals surface area (Å²) in [4.78, 5) is 0. The van der Waals surface area contributed by atoms with E-state index in [1.54, 1.807) is 6.07 Å². The minimum atomic E-state index is 0.234. The predicted molar refractivity (Wildman–Crippen MR) is 66.4 cm³/mol. The summed E-state index contributed by atoms with van der Waals surface area (Å²) in [7, 11) is 0. The Morgan fingerprint density at radius 2 is 2.13 bits per heavy atom. The molecule has 0 heterocycles. The van der Waals surface area contributed by atoms with E-state index in [-0.39, 0.29) is 6.04 Å². The van der Waals surface area contributed by atoms with Gasteiger partial charge in [0, 0.05) is 22.6 Å². The molecule has 0 fully saturated rings. The van der Waals surface area contributed by atoms with E-state index >= 15 is 0 Å². The molecule has 84 valence electrons. The Labute approximate surface area is 101 Å². The molecule has 3 N–H and O–H groups in total. The van der Waals surface area contributed by atoms with E-state index in [0.717, 1.165) is 25.1 Å². The van der Waals surface area contributed by atoms with Crippen LogP contribution in [0.15, 0.2) is 18.2 Å². The van der Waals surface area contributed by atoms with Gasteiger partial charge < -0.3 is 11.1 Å². The SMILES string of the molecule is CC(N)CCNCc1ccc(Cl)cc1Cl. The molecule has 2 nitrogen and oxygen atoms in total. The number of rotatable bonds is 5. The molecule has 0 aromatic heterocycles. The summed E-state index contributed by atoms with van der Waals surface area (Å²) in [5.74, 6) is 0. The van der Waals surface area contributed by atoms with Gasteiger partial charge in [-0.25, -0.2) is 0 Å². The second kappa shape index (κ2) is 6.33. The lowest BCUT2D eigenvalue weighted by Gasteiger charge is -2.08. The van der Waals surface area contributed by atoms with Crippen LogP contribution in [0, 0.1) is 0 Å². The van der Waals surface area contributed by atoms with Gasteiger partial charge in [-0.15, -0.1) is 0 Å². The third kappa shape index (κ3) is 4.85. The molecule has 0 radical (unpaired) electrons. The first-order chi connectivity index (χ1) is 7.09. The molecular formula is C11H16Cl2N2. The van der Waals surface area contributed by atoms with Crippen molar-refractivity contribution >= 4 is 23.2 Å². The van der Waals surface area contributed by atoms with Crippen LogP contribution < -0.4 is 11.1 Å². The van der Waals surface area contributed by atoms with Crippen molar-refractivity contribution in [3.63, 3.8) is 0 Å². The topological polar surface area (TPSA) is 38.0 Å². The summed E-state index contributed by atoms with van der Waals surface area (Å²) in [5.41, 5.74) is 6.70. The summed E-state index contributed by atoms with van der Waals surface area (Å²) in [6.45, 7) is 3.65.